The summed E-state index contributed by atoms with van der Waals surface area (Å²) < 4.78 is 0.158. The summed E-state index contributed by atoms with van der Waals surface area (Å²) >= 11 is 3.58. The number of rotatable bonds is 1. The maximum absolute atomic E-state index is 5.46. The van der Waals surface area contributed by atoms with Gasteiger partial charge in [-0.25, -0.2) is 0 Å². The molecule has 0 saturated heterocycles. The average molecular weight is 202 g/mol. The zero-order valence-corrected chi connectivity index (χ0v) is 7.69. The SMILES string of the molecule is CC1(Br)C=CC(CN)=CC1. The third-order valence-electron chi connectivity index (χ3n) is 1.64. The highest BCUT2D eigenvalue weighted by Gasteiger charge is 2.17. The van der Waals surface area contributed by atoms with Crippen LogP contribution in [0.25, 0.3) is 0 Å². The highest BCUT2D eigenvalue weighted by atomic mass is 79.9. The summed E-state index contributed by atoms with van der Waals surface area (Å²) in [5, 5.41) is 0. The Balaban J connectivity index is 2.63. The topological polar surface area (TPSA) is 26.0 Å². The van der Waals surface area contributed by atoms with Crippen LogP contribution in [-0.2, 0) is 0 Å². The van der Waals surface area contributed by atoms with E-state index in [4.69, 9.17) is 5.73 Å². The maximum atomic E-state index is 5.46. The minimum atomic E-state index is 0.158. The van der Waals surface area contributed by atoms with Gasteiger partial charge in [-0.05, 0) is 18.9 Å². The maximum Gasteiger partial charge on any atom is 0.0446 e. The van der Waals surface area contributed by atoms with Crippen molar-refractivity contribution in [3.05, 3.63) is 23.8 Å². The van der Waals surface area contributed by atoms with Crippen LogP contribution in [0, 0.1) is 0 Å². The molecule has 1 nitrogen and oxygen atoms in total. The molecular weight excluding hydrogens is 190 g/mol. The number of nitrogens with two attached hydrogens (primary N) is 1. The van der Waals surface area contributed by atoms with E-state index in [1.165, 1.54) is 5.57 Å². The Morgan fingerprint density at radius 1 is 1.80 bits per heavy atom. The lowest BCUT2D eigenvalue weighted by Crippen LogP contribution is -2.15. The normalized spacial score (nSPS) is 32.1. The van der Waals surface area contributed by atoms with E-state index in [0.29, 0.717) is 6.54 Å². The summed E-state index contributed by atoms with van der Waals surface area (Å²) in [6.45, 7) is 2.80. The van der Waals surface area contributed by atoms with E-state index < -0.39 is 0 Å². The number of alkyl halides is 1. The molecule has 0 aromatic carbocycles. The molecule has 0 fully saturated rings. The first-order chi connectivity index (χ1) is 4.64. The summed E-state index contributed by atoms with van der Waals surface area (Å²) in [5.74, 6) is 0. The van der Waals surface area contributed by atoms with Crippen molar-refractivity contribution in [2.45, 2.75) is 17.7 Å². The van der Waals surface area contributed by atoms with Crippen LogP contribution < -0.4 is 5.73 Å². The fraction of sp³-hybridized carbons (Fsp3) is 0.500. The molecule has 0 saturated carbocycles. The number of hydrogen-bond donors (Lipinski definition) is 1. The molecule has 1 rings (SSSR count). The van der Waals surface area contributed by atoms with E-state index >= 15 is 0 Å². The molecule has 10 heavy (non-hydrogen) atoms. The minimum absolute atomic E-state index is 0.158. The lowest BCUT2D eigenvalue weighted by molar-refractivity contribution is 0.804. The first-order valence-corrected chi connectivity index (χ1v) is 4.20. The predicted molar refractivity (Wildman–Crippen MR) is 48.2 cm³/mol. The Hall–Kier alpha value is -0.0800. The fourth-order valence-corrected chi connectivity index (χ4v) is 1.19. The largest absolute Gasteiger partial charge is 0.327 e. The molecule has 2 N–H and O–H groups in total. The molecule has 0 radical (unpaired) electrons. The van der Waals surface area contributed by atoms with Crippen LogP contribution in [0.15, 0.2) is 23.8 Å². The zero-order chi connectivity index (χ0) is 7.61. The zero-order valence-electron chi connectivity index (χ0n) is 6.10. The quantitative estimate of drug-likeness (QED) is 0.646. The molecular formula is C8H12BrN. The third-order valence-corrected chi connectivity index (χ3v) is 2.23. The standard InChI is InChI=1S/C8H12BrN/c1-8(9)4-2-7(6-10)3-5-8/h2-4H,5-6,10H2,1H3. The minimum Gasteiger partial charge on any atom is -0.327 e. The second-order valence-corrected chi connectivity index (χ2v) is 4.61. The van der Waals surface area contributed by atoms with Crippen LogP contribution in [-0.4, -0.2) is 10.9 Å². The highest BCUT2D eigenvalue weighted by molar-refractivity contribution is 9.10. The second kappa shape index (κ2) is 2.89. The fourth-order valence-electron chi connectivity index (χ4n) is 0.899. The van der Waals surface area contributed by atoms with Crippen LogP contribution in [0.3, 0.4) is 0 Å². The van der Waals surface area contributed by atoms with Gasteiger partial charge in [-0.1, -0.05) is 34.2 Å². The predicted octanol–water partition coefficient (Wildman–Crippen LogP) is 1.98. The van der Waals surface area contributed by atoms with Gasteiger partial charge in [-0.3, -0.25) is 0 Å². The van der Waals surface area contributed by atoms with Crippen molar-refractivity contribution in [2.75, 3.05) is 6.54 Å². The molecule has 0 aromatic heterocycles. The second-order valence-electron chi connectivity index (χ2n) is 2.80. The summed E-state index contributed by atoms with van der Waals surface area (Å²) in [7, 11) is 0. The van der Waals surface area contributed by atoms with E-state index in [9.17, 15) is 0 Å². The van der Waals surface area contributed by atoms with Gasteiger partial charge < -0.3 is 5.73 Å². The van der Waals surface area contributed by atoms with Gasteiger partial charge >= 0.3 is 0 Å². The molecule has 1 unspecified atom stereocenters. The summed E-state index contributed by atoms with van der Waals surface area (Å²) in [5.41, 5.74) is 6.69. The van der Waals surface area contributed by atoms with Crippen molar-refractivity contribution >= 4 is 15.9 Å². The first-order valence-electron chi connectivity index (χ1n) is 3.41. The van der Waals surface area contributed by atoms with E-state index in [2.05, 4.69) is 41.1 Å². The van der Waals surface area contributed by atoms with Crippen molar-refractivity contribution in [3.63, 3.8) is 0 Å². The van der Waals surface area contributed by atoms with Crippen LogP contribution in [0.2, 0.25) is 0 Å². The molecule has 0 aromatic rings. The molecule has 0 bridgehead atoms. The Morgan fingerprint density at radius 3 is 2.90 bits per heavy atom. The van der Waals surface area contributed by atoms with Gasteiger partial charge in [-0.2, -0.15) is 0 Å². The Labute approximate surface area is 70.1 Å². The van der Waals surface area contributed by atoms with E-state index in [1.807, 2.05) is 0 Å². The number of hydrogen-bond acceptors (Lipinski definition) is 1. The molecule has 0 heterocycles. The van der Waals surface area contributed by atoms with Crippen LogP contribution in [0.1, 0.15) is 13.3 Å². The van der Waals surface area contributed by atoms with Gasteiger partial charge in [0.15, 0.2) is 0 Å². The summed E-state index contributed by atoms with van der Waals surface area (Å²) in [4.78, 5) is 0. The van der Waals surface area contributed by atoms with E-state index in [0.717, 1.165) is 6.42 Å². The number of allylic oxidation sites excluding steroid dienone is 2. The Bertz CT molecular complexity index is 180. The lowest BCUT2D eigenvalue weighted by Gasteiger charge is -2.19. The average Bonchev–Trinajstić information content (AvgIpc) is 1.88. The van der Waals surface area contributed by atoms with Gasteiger partial charge in [0.2, 0.25) is 0 Å². The van der Waals surface area contributed by atoms with E-state index in [-0.39, 0.29) is 4.32 Å². The van der Waals surface area contributed by atoms with Crippen molar-refractivity contribution in [3.8, 4) is 0 Å². The molecule has 1 aliphatic carbocycles. The van der Waals surface area contributed by atoms with Gasteiger partial charge in [0, 0.05) is 10.9 Å². The third kappa shape index (κ3) is 1.96. The van der Waals surface area contributed by atoms with Gasteiger partial charge in [0.1, 0.15) is 0 Å². The van der Waals surface area contributed by atoms with E-state index in [1.54, 1.807) is 0 Å². The van der Waals surface area contributed by atoms with Gasteiger partial charge in [-0.15, -0.1) is 0 Å². The van der Waals surface area contributed by atoms with Crippen molar-refractivity contribution < 1.29 is 0 Å². The monoisotopic (exact) mass is 201 g/mol. The van der Waals surface area contributed by atoms with Crippen molar-refractivity contribution in [2.24, 2.45) is 5.73 Å². The molecule has 2 heteroatoms. The smallest absolute Gasteiger partial charge is 0.0446 e. The van der Waals surface area contributed by atoms with Crippen LogP contribution >= 0.6 is 15.9 Å². The molecule has 1 atom stereocenters. The first kappa shape index (κ1) is 8.02. The van der Waals surface area contributed by atoms with Crippen LogP contribution in [0.5, 0.6) is 0 Å². The van der Waals surface area contributed by atoms with Crippen LogP contribution in [0.4, 0.5) is 0 Å². The Kier molecular flexibility index (Phi) is 2.32. The van der Waals surface area contributed by atoms with Crippen molar-refractivity contribution in [1.29, 1.82) is 0 Å². The lowest BCUT2D eigenvalue weighted by atomic mass is 9.98. The van der Waals surface area contributed by atoms with Gasteiger partial charge in [0.25, 0.3) is 0 Å². The van der Waals surface area contributed by atoms with Gasteiger partial charge in [0.05, 0.1) is 0 Å². The molecule has 0 spiro atoms. The molecule has 0 amide bonds. The highest BCUT2D eigenvalue weighted by Crippen LogP contribution is 2.28. The molecule has 0 aliphatic heterocycles. The van der Waals surface area contributed by atoms with Crippen molar-refractivity contribution in [1.82, 2.24) is 0 Å². The molecule has 1 aliphatic rings. The summed E-state index contributed by atoms with van der Waals surface area (Å²) in [6.07, 6.45) is 7.44. The Morgan fingerprint density at radius 2 is 2.50 bits per heavy atom. The number of halogens is 1. The molecule has 56 valence electrons. The summed E-state index contributed by atoms with van der Waals surface area (Å²) in [6, 6.07) is 0.